The van der Waals surface area contributed by atoms with Gasteiger partial charge in [-0.1, -0.05) is 79.7 Å². The highest BCUT2D eigenvalue weighted by Gasteiger charge is 2.22. The van der Waals surface area contributed by atoms with Crippen molar-refractivity contribution in [2.24, 2.45) is 5.10 Å². The molecule has 0 unspecified atom stereocenters. The highest BCUT2D eigenvalue weighted by molar-refractivity contribution is 6.00. The van der Waals surface area contributed by atoms with Gasteiger partial charge in [0.25, 0.3) is 5.91 Å². The summed E-state index contributed by atoms with van der Waals surface area (Å²) in [6, 6.07) is 26.7. The fraction of sp³-hybridized carbons (Fsp3) is 0.160. The molecular formula is C25H25N3O2. The predicted octanol–water partition coefficient (Wildman–Crippen LogP) is 4.71. The van der Waals surface area contributed by atoms with E-state index in [9.17, 15) is 9.59 Å². The molecule has 3 aromatic rings. The van der Waals surface area contributed by atoms with E-state index in [0.29, 0.717) is 12.1 Å². The minimum absolute atomic E-state index is 0.0340. The van der Waals surface area contributed by atoms with Gasteiger partial charge >= 0.3 is 0 Å². The van der Waals surface area contributed by atoms with Crippen molar-refractivity contribution in [1.82, 2.24) is 5.43 Å². The molecule has 3 aromatic carbocycles. The van der Waals surface area contributed by atoms with Crippen LogP contribution in [-0.4, -0.2) is 17.5 Å². The zero-order valence-electron chi connectivity index (χ0n) is 17.1. The van der Waals surface area contributed by atoms with Crippen molar-refractivity contribution in [3.05, 3.63) is 102 Å². The Labute approximate surface area is 176 Å². The molecule has 30 heavy (non-hydrogen) atoms. The quantitative estimate of drug-likeness (QED) is 0.446. The van der Waals surface area contributed by atoms with E-state index in [1.54, 1.807) is 6.92 Å². The SMILES string of the molecule is CCC(=O)Nc1ccc(/C(C)=N\NC(=O)C(c2ccccc2)c2ccccc2)cc1. The van der Waals surface area contributed by atoms with E-state index in [1.165, 1.54) is 0 Å². The van der Waals surface area contributed by atoms with Crippen LogP contribution in [0.25, 0.3) is 0 Å². The topological polar surface area (TPSA) is 70.6 Å². The van der Waals surface area contributed by atoms with Gasteiger partial charge in [-0.25, -0.2) is 5.43 Å². The van der Waals surface area contributed by atoms with Crippen LogP contribution in [0.2, 0.25) is 0 Å². The van der Waals surface area contributed by atoms with Gasteiger partial charge in [-0.05, 0) is 35.7 Å². The number of carbonyl (C=O) groups is 2. The second kappa shape index (κ2) is 10.2. The second-order valence-electron chi connectivity index (χ2n) is 6.91. The van der Waals surface area contributed by atoms with Gasteiger partial charge in [-0.2, -0.15) is 5.10 Å². The minimum Gasteiger partial charge on any atom is -0.326 e. The number of hydrogen-bond donors (Lipinski definition) is 2. The molecule has 2 amide bonds. The maximum atomic E-state index is 13.0. The van der Waals surface area contributed by atoms with Crippen LogP contribution < -0.4 is 10.7 Å². The van der Waals surface area contributed by atoms with E-state index in [2.05, 4.69) is 15.8 Å². The lowest BCUT2D eigenvalue weighted by Gasteiger charge is -2.16. The molecule has 0 saturated carbocycles. The van der Waals surface area contributed by atoms with Crippen LogP contribution in [0, 0.1) is 0 Å². The van der Waals surface area contributed by atoms with Crippen LogP contribution in [0.15, 0.2) is 90.0 Å². The number of nitrogens with one attached hydrogen (secondary N) is 2. The molecule has 0 atom stereocenters. The summed E-state index contributed by atoms with van der Waals surface area (Å²) < 4.78 is 0. The van der Waals surface area contributed by atoms with Crippen LogP contribution in [0.1, 0.15) is 42.9 Å². The molecule has 3 rings (SSSR count). The molecule has 0 radical (unpaired) electrons. The molecule has 0 aliphatic carbocycles. The summed E-state index contributed by atoms with van der Waals surface area (Å²) in [6.45, 7) is 3.64. The molecule has 0 aromatic heterocycles. The van der Waals surface area contributed by atoms with E-state index in [1.807, 2.05) is 91.9 Å². The summed E-state index contributed by atoms with van der Waals surface area (Å²) in [5, 5.41) is 7.11. The Kier molecular flexibility index (Phi) is 7.11. The highest BCUT2D eigenvalue weighted by atomic mass is 16.2. The number of hydrogen-bond acceptors (Lipinski definition) is 3. The van der Waals surface area contributed by atoms with Gasteiger partial charge in [0.2, 0.25) is 5.91 Å². The van der Waals surface area contributed by atoms with Gasteiger partial charge in [0.05, 0.1) is 11.6 Å². The Morgan fingerprint density at radius 1 is 0.833 bits per heavy atom. The zero-order valence-corrected chi connectivity index (χ0v) is 17.1. The molecule has 0 heterocycles. The van der Waals surface area contributed by atoms with Crippen LogP contribution in [0.4, 0.5) is 5.69 Å². The standard InChI is InChI=1S/C25H25N3O2/c1-3-23(29)26-22-16-14-19(15-17-22)18(2)27-28-25(30)24(20-10-6-4-7-11-20)21-12-8-5-9-13-21/h4-17,24H,3H2,1-2H3,(H,26,29)(H,28,30)/b27-18-. The van der Waals surface area contributed by atoms with Crippen molar-refractivity contribution in [2.75, 3.05) is 5.32 Å². The van der Waals surface area contributed by atoms with Crippen LogP contribution in [-0.2, 0) is 9.59 Å². The summed E-state index contributed by atoms with van der Waals surface area (Å²) in [5.74, 6) is -0.678. The average molecular weight is 399 g/mol. The highest BCUT2D eigenvalue weighted by Crippen LogP contribution is 2.24. The summed E-state index contributed by atoms with van der Waals surface area (Å²) >= 11 is 0. The largest absolute Gasteiger partial charge is 0.326 e. The molecule has 152 valence electrons. The Bertz CT molecular complexity index is 974. The average Bonchev–Trinajstić information content (AvgIpc) is 2.79. The molecule has 0 aliphatic rings. The smallest absolute Gasteiger partial charge is 0.252 e. The first-order chi connectivity index (χ1) is 14.6. The lowest BCUT2D eigenvalue weighted by molar-refractivity contribution is -0.121. The molecule has 5 heteroatoms. The summed E-state index contributed by atoms with van der Waals surface area (Å²) in [4.78, 5) is 24.5. The third kappa shape index (κ3) is 5.41. The first kappa shape index (κ1) is 21.0. The Hall–Kier alpha value is -3.73. The van der Waals surface area contributed by atoms with E-state index >= 15 is 0 Å². The van der Waals surface area contributed by atoms with Crippen LogP contribution >= 0.6 is 0 Å². The third-order valence-electron chi connectivity index (χ3n) is 4.77. The van der Waals surface area contributed by atoms with Gasteiger partial charge in [-0.3, -0.25) is 9.59 Å². The lowest BCUT2D eigenvalue weighted by Crippen LogP contribution is -2.27. The van der Waals surface area contributed by atoms with E-state index < -0.39 is 5.92 Å². The number of hydrazone groups is 1. The predicted molar refractivity (Wildman–Crippen MR) is 120 cm³/mol. The zero-order chi connectivity index (χ0) is 21.3. The number of amides is 2. The third-order valence-corrected chi connectivity index (χ3v) is 4.77. The number of rotatable bonds is 7. The van der Waals surface area contributed by atoms with Crippen molar-refractivity contribution in [1.29, 1.82) is 0 Å². The lowest BCUT2D eigenvalue weighted by atomic mass is 9.91. The molecule has 2 N–H and O–H groups in total. The van der Waals surface area contributed by atoms with Crippen molar-refractivity contribution in [3.8, 4) is 0 Å². The fourth-order valence-corrected chi connectivity index (χ4v) is 3.10. The summed E-state index contributed by atoms with van der Waals surface area (Å²) in [5.41, 5.74) is 6.80. The summed E-state index contributed by atoms with van der Waals surface area (Å²) in [7, 11) is 0. The van der Waals surface area contributed by atoms with Gasteiger partial charge in [0.15, 0.2) is 0 Å². The van der Waals surface area contributed by atoms with Crippen molar-refractivity contribution < 1.29 is 9.59 Å². The van der Waals surface area contributed by atoms with Crippen molar-refractivity contribution in [2.45, 2.75) is 26.2 Å². The molecule has 0 bridgehead atoms. The fourth-order valence-electron chi connectivity index (χ4n) is 3.10. The van der Waals surface area contributed by atoms with Gasteiger partial charge in [-0.15, -0.1) is 0 Å². The molecule has 0 fully saturated rings. The molecule has 5 nitrogen and oxygen atoms in total. The van der Waals surface area contributed by atoms with E-state index in [4.69, 9.17) is 0 Å². The van der Waals surface area contributed by atoms with E-state index in [0.717, 1.165) is 22.4 Å². The van der Waals surface area contributed by atoms with Gasteiger partial charge < -0.3 is 5.32 Å². The minimum atomic E-state index is -0.449. The number of carbonyl (C=O) groups excluding carboxylic acids is 2. The second-order valence-corrected chi connectivity index (χ2v) is 6.91. The van der Waals surface area contributed by atoms with E-state index in [-0.39, 0.29) is 11.8 Å². The van der Waals surface area contributed by atoms with Gasteiger partial charge in [0, 0.05) is 12.1 Å². The number of benzene rings is 3. The Morgan fingerprint density at radius 3 is 1.87 bits per heavy atom. The van der Waals surface area contributed by atoms with Crippen molar-refractivity contribution >= 4 is 23.2 Å². The van der Waals surface area contributed by atoms with Crippen LogP contribution in [0.3, 0.4) is 0 Å². The maximum Gasteiger partial charge on any atom is 0.252 e. The summed E-state index contributed by atoms with van der Waals surface area (Å²) in [6.07, 6.45) is 0.429. The molecule has 0 aliphatic heterocycles. The molecule has 0 spiro atoms. The first-order valence-corrected chi connectivity index (χ1v) is 9.92. The van der Waals surface area contributed by atoms with Crippen LogP contribution in [0.5, 0.6) is 0 Å². The number of anilines is 1. The molecular weight excluding hydrogens is 374 g/mol. The van der Waals surface area contributed by atoms with Gasteiger partial charge in [0.1, 0.15) is 0 Å². The maximum absolute atomic E-state index is 13.0. The molecule has 0 saturated heterocycles. The van der Waals surface area contributed by atoms with Crippen molar-refractivity contribution in [3.63, 3.8) is 0 Å². The monoisotopic (exact) mass is 399 g/mol. The first-order valence-electron chi connectivity index (χ1n) is 9.92. The number of nitrogens with zero attached hydrogens (tertiary/aromatic N) is 1. The normalized spacial score (nSPS) is 11.2. The Morgan fingerprint density at radius 2 is 1.37 bits per heavy atom. The Balaban J connectivity index is 1.76.